The van der Waals surface area contributed by atoms with Gasteiger partial charge in [0.05, 0.1) is 4.90 Å². The van der Waals surface area contributed by atoms with Crippen LogP contribution in [0.2, 0.25) is 0 Å². The number of unbranched alkanes of at least 4 members (excludes halogenated alkanes) is 1. The van der Waals surface area contributed by atoms with Crippen LogP contribution in [0.1, 0.15) is 18.4 Å². The summed E-state index contributed by atoms with van der Waals surface area (Å²) in [6, 6.07) is 8.75. The van der Waals surface area contributed by atoms with E-state index in [0.29, 0.717) is 11.4 Å². The highest BCUT2D eigenvalue weighted by molar-refractivity contribution is 7.89. The second-order valence-electron chi connectivity index (χ2n) is 6.80. The van der Waals surface area contributed by atoms with E-state index in [0.717, 1.165) is 57.1 Å². The van der Waals surface area contributed by atoms with Crippen molar-refractivity contribution in [2.24, 2.45) is 0 Å². The van der Waals surface area contributed by atoms with Gasteiger partial charge in [-0.25, -0.2) is 23.1 Å². The van der Waals surface area contributed by atoms with Crippen LogP contribution in [-0.2, 0) is 10.0 Å². The number of anilines is 1. The van der Waals surface area contributed by atoms with E-state index in [1.54, 1.807) is 24.5 Å². The van der Waals surface area contributed by atoms with Gasteiger partial charge in [-0.3, -0.25) is 4.90 Å². The Kier molecular flexibility index (Phi) is 6.76. The molecule has 0 aliphatic carbocycles. The summed E-state index contributed by atoms with van der Waals surface area (Å²) in [7, 11) is -3.40. The highest BCUT2D eigenvalue weighted by Gasteiger charge is 2.18. The monoisotopic (exact) mass is 389 g/mol. The predicted octanol–water partition coefficient (Wildman–Crippen LogP) is 1.67. The Morgan fingerprint density at radius 1 is 1.00 bits per heavy atom. The van der Waals surface area contributed by atoms with Gasteiger partial charge < -0.3 is 4.90 Å². The first-order chi connectivity index (χ1) is 13.0. The molecule has 1 aromatic carbocycles. The van der Waals surface area contributed by atoms with Crippen molar-refractivity contribution in [3.63, 3.8) is 0 Å². The van der Waals surface area contributed by atoms with Crippen LogP contribution < -0.4 is 9.62 Å². The van der Waals surface area contributed by atoms with Crippen molar-refractivity contribution in [3.05, 3.63) is 48.3 Å². The van der Waals surface area contributed by atoms with Crippen molar-refractivity contribution in [3.8, 4) is 0 Å². The van der Waals surface area contributed by atoms with Gasteiger partial charge in [-0.2, -0.15) is 0 Å². The summed E-state index contributed by atoms with van der Waals surface area (Å²) < 4.78 is 27.2. The zero-order valence-electron chi connectivity index (χ0n) is 15.7. The standard InChI is InChI=1S/C19H27N5O2S/c1-17-5-7-18(8-6-17)27(25,26)22-11-2-3-12-23-13-15-24(16-14-23)19-20-9-4-10-21-19/h4-10,22H,2-3,11-16H2,1H3. The lowest BCUT2D eigenvalue weighted by Gasteiger charge is -2.34. The molecule has 1 fully saturated rings. The molecule has 1 N–H and O–H groups in total. The first-order valence-corrected chi connectivity index (χ1v) is 10.8. The lowest BCUT2D eigenvalue weighted by atomic mass is 10.2. The maximum Gasteiger partial charge on any atom is 0.240 e. The Morgan fingerprint density at radius 2 is 1.67 bits per heavy atom. The lowest BCUT2D eigenvalue weighted by Crippen LogP contribution is -2.47. The van der Waals surface area contributed by atoms with E-state index < -0.39 is 10.0 Å². The van der Waals surface area contributed by atoms with Gasteiger partial charge in [0.25, 0.3) is 0 Å². The number of rotatable bonds is 8. The van der Waals surface area contributed by atoms with Crippen molar-refractivity contribution < 1.29 is 8.42 Å². The molecule has 2 aromatic rings. The maximum atomic E-state index is 12.2. The summed E-state index contributed by atoms with van der Waals surface area (Å²) in [6.45, 7) is 7.19. The van der Waals surface area contributed by atoms with Gasteiger partial charge in [-0.1, -0.05) is 17.7 Å². The normalized spacial score (nSPS) is 15.8. The minimum atomic E-state index is -3.40. The summed E-state index contributed by atoms with van der Waals surface area (Å²) >= 11 is 0. The van der Waals surface area contributed by atoms with Gasteiger partial charge in [0.2, 0.25) is 16.0 Å². The molecule has 146 valence electrons. The Morgan fingerprint density at radius 3 is 2.33 bits per heavy atom. The number of benzene rings is 1. The molecular weight excluding hydrogens is 362 g/mol. The molecule has 1 aliphatic rings. The van der Waals surface area contributed by atoms with Crippen LogP contribution in [0.4, 0.5) is 5.95 Å². The molecule has 0 saturated carbocycles. The van der Waals surface area contributed by atoms with Gasteiger partial charge in [0.15, 0.2) is 0 Å². The molecule has 0 radical (unpaired) electrons. The molecular formula is C19H27N5O2S. The average Bonchev–Trinajstić information content (AvgIpc) is 2.69. The number of nitrogens with zero attached hydrogens (tertiary/aromatic N) is 4. The third-order valence-electron chi connectivity index (χ3n) is 4.73. The summed E-state index contributed by atoms with van der Waals surface area (Å²) in [5.41, 5.74) is 1.05. The van der Waals surface area contributed by atoms with E-state index in [1.807, 2.05) is 25.1 Å². The van der Waals surface area contributed by atoms with Crippen molar-refractivity contribution in [1.82, 2.24) is 19.6 Å². The number of aromatic nitrogens is 2. The van der Waals surface area contributed by atoms with Crippen molar-refractivity contribution in [2.45, 2.75) is 24.7 Å². The molecule has 0 atom stereocenters. The summed E-state index contributed by atoms with van der Waals surface area (Å²) in [5, 5.41) is 0. The number of hydrogen-bond donors (Lipinski definition) is 1. The quantitative estimate of drug-likeness (QED) is 0.692. The van der Waals surface area contributed by atoms with E-state index in [1.165, 1.54) is 0 Å². The second kappa shape index (κ2) is 9.25. The zero-order valence-corrected chi connectivity index (χ0v) is 16.5. The smallest absolute Gasteiger partial charge is 0.240 e. The lowest BCUT2D eigenvalue weighted by molar-refractivity contribution is 0.252. The zero-order chi connectivity index (χ0) is 19.1. The van der Waals surface area contributed by atoms with E-state index >= 15 is 0 Å². The molecule has 2 heterocycles. The third kappa shape index (κ3) is 5.72. The van der Waals surface area contributed by atoms with E-state index in [-0.39, 0.29) is 0 Å². The summed E-state index contributed by atoms with van der Waals surface area (Å²) in [5.74, 6) is 0.794. The van der Waals surface area contributed by atoms with Crippen molar-refractivity contribution in [1.29, 1.82) is 0 Å². The number of nitrogens with one attached hydrogen (secondary N) is 1. The molecule has 0 amide bonds. The second-order valence-corrected chi connectivity index (χ2v) is 8.56. The topological polar surface area (TPSA) is 78.4 Å². The van der Waals surface area contributed by atoms with E-state index in [4.69, 9.17) is 0 Å². The minimum absolute atomic E-state index is 0.326. The Hall–Kier alpha value is -2.03. The summed E-state index contributed by atoms with van der Waals surface area (Å²) in [6.07, 6.45) is 5.34. The first-order valence-electron chi connectivity index (χ1n) is 9.35. The average molecular weight is 390 g/mol. The summed E-state index contributed by atoms with van der Waals surface area (Å²) in [4.78, 5) is 13.5. The van der Waals surface area contributed by atoms with Crippen LogP contribution in [-0.4, -0.2) is 62.6 Å². The predicted molar refractivity (Wildman–Crippen MR) is 106 cm³/mol. The fourth-order valence-electron chi connectivity index (χ4n) is 3.09. The van der Waals surface area contributed by atoms with Gasteiger partial charge in [-0.15, -0.1) is 0 Å². The van der Waals surface area contributed by atoms with Crippen LogP contribution in [0, 0.1) is 6.92 Å². The molecule has 1 aromatic heterocycles. The molecule has 7 nitrogen and oxygen atoms in total. The molecule has 0 bridgehead atoms. The Balaban J connectivity index is 1.33. The largest absolute Gasteiger partial charge is 0.338 e. The first kappa shape index (κ1) is 19.7. The molecule has 27 heavy (non-hydrogen) atoms. The fourth-order valence-corrected chi connectivity index (χ4v) is 4.17. The highest BCUT2D eigenvalue weighted by Crippen LogP contribution is 2.11. The third-order valence-corrected chi connectivity index (χ3v) is 6.21. The van der Waals surface area contributed by atoms with Crippen molar-refractivity contribution >= 4 is 16.0 Å². The van der Waals surface area contributed by atoms with Crippen LogP contribution in [0.15, 0.2) is 47.6 Å². The van der Waals surface area contributed by atoms with Gasteiger partial charge in [0.1, 0.15) is 0 Å². The molecule has 1 aliphatic heterocycles. The van der Waals surface area contributed by atoms with E-state index in [9.17, 15) is 8.42 Å². The minimum Gasteiger partial charge on any atom is -0.338 e. The van der Waals surface area contributed by atoms with Crippen LogP contribution in [0.25, 0.3) is 0 Å². The number of aryl methyl sites for hydroxylation is 1. The van der Waals surface area contributed by atoms with Crippen LogP contribution in [0.3, 0.4) is 0 Å². The molecule has 3 rings (SSSR count). The number of piperazine rings is 1. The molecule has 8 heteroatoms. The number of sulfonamides is 1. The van der Waals surface area contributed by atoms with Gasteiger partial charge in [-0.05, 0) is 44.5 Å². The van der Waals surface area contributed by atoms with Gasteiger partial charge >= 0.3 is 0 Å². The van der Waals surface area contributed by atoms with E-state index in [2.05, 4.69) is 24.5 Å². The molecule has 0 spiro atoms. The van der Waals surface area contributed by atoms with Gasteiger partial charge in [0, 0.05) is 45.1 Å². The number of hydrogen-bond acceptors (Lipinski definition) is 6. The molecule has 1 saturated heterocycles. The fraction of sp³-hybridized carbons (Fsp3) is 0.474. The Labute approximate surface area is 161 Å². The SMILES string of the molecule is Cc1ccc(S(=O)(=O)NCCCCN2CCN(c3ncccn3)CC2)cc1. The van der Waals surface area contributed by atoms with Crippen LogP contribution in [0.5, 0.6) is 0 Å². The Bertz CT molecular complexity index is 804. The van der Waals surface area contributed by atoms with Crippen LogP contribution >= 0.6 is 0 Å². The van der Waals surface area contributed by atoms with Crippen molar-refractivity contribution in [2.75, 3.05) is 44.2 Å². The highest BCUT2D eigenvalue weighted by atomic mass is 32.2. The maximum absolute atomic E-state index is 12.2. The molecule has 0 unspecified atom stereocenters.